The van der Waals surface area contributed by atoms with E-state index in [1.54, 1.807) is 0 Å². The zero-order chi connectivity index (χ0) is 21.3. The zero-order valence-electron chi connectivity index (χ0n) is 13.6. The van der Waals surface area contributed by atoms with Crippen molar-refractivity contribution >= 4 is 39.0 Å². The molecule has 0 aliphatic carbocycles. The Labute approximate surface area is 161 Å². The number of rotatable bonds is 6. The van der Waals surface area contributed by atoms with Crippen molar-refractivity contribution in [1.82, 2.24) is 0 Å². The summed E-state index contributed by atoms with van der Waals surface area (Å²) >= 11 is 5.50. The summed E-state index contributed by atoms with van der Waals surface area (Å²) in [5.74, 6) is -1.63. The molecule has 0 amide bonds. The van der Waals surface area contributed by atoms with Crippen molar-refractivity contribution in [2.24, 2.45) is 0 Å². The molecule has 0 saturated heterocycles. The smallest absolute Gasteiger partial charge is 0.417 e. The lowest BCUT2D eigenvalue weighted by Gasteiger charge is -2.24. The van der Waals surface area contributed by atoms with Crippen LogP contribution in [0.1, 0.15) is 5.56 Å². The molecule has 8 nitrogen and oxygen atoms in total. The van der Waals surface area contributed by atoms with Crippen molar-refractivity contribution < 1.29 is 36.4 Å². The maximum Gasteiger partial charge on any atom is 0.417 e. The molecule has 1 N–H and O–H groups in total. The molecule has 2 aromatic rings. The molecule has 0 aromatic heterocycles. The van der Waals surface area contributed by atoms with Crippen LogP contribution in [0.5, 0.6) is 0 Å². The van der Waals surface area contributed by atoms with E-state index in [0.29, 0.717) is 6.07 Å². The van der Waals surface area contributed by atoms with Gasteiger partial charge in [-0.2, -0.15) is 13.2 Å². The highest BCUT2D eigenvalue weighted by atomic mass is 35.5. The summed E-state index contributed by atoms with van der Waals surface area (Å²) in [6.45, 7) is -1.18. The third-order valence-electron chi connectivity index (χ3n) is 3.46. The van der Waals surface area contributed by atoms with Crippen LogP contribution >= 0.6 is 11.6 Å². The van der Waals surface area contributed by atoms with Gasteiger partial charge in [-0.25, -0.2) is 8.42 Å². The van der Waals surface area contributed by atoms with Gasteiger partial charge in [0, 0.05) is 12.1 Å². The Hall–Kier alpha value is -2.86. The molecule has 2 rings (SSSR count). The minimum atomic E-state index is -4.90. The van der Waals surface area contributed by atoms with Gasteiger partial charge >= 0.3 is 12.1 Å². The Bertz CT molecular complexity index is 1030. The van der Waals surface area contributed by atoms with Gasteiger partial charge in [0.05, 0.1) is 26.1 Å². The fraction of sp³-hybridized carbons (Fsp3) is 0.133. The molecule has 2 aromatic carbocycles. The van der Waals surface area contributed by atoms with Crippen LogP contribution in [0.4, 0.5) is 24.5 Å². The van der Waals surface area contributed by atoms with Gasteiger partial charge in [0.2, 0.25) is 0 Å². The second kappa shape index (κ2) is 7.64. The fourth-order valence-corrected chi connectivity index (χ4v) is 3.82. The number of hydrogen-bond acceptors (Lipinski definition) is 5. The Morgan fingerprint density at radius 2 is 1.75 bits per heavy atom. The van der Waals surface area contributed by atoms with Gasteiger partial charge < -0.3 is 5.11 Å². The fourth-order valence-electron chi connectivity index (χ4n) is 2.19. The summed E-state index contributed by atoms with van der Waals surface area (Å²) in [4.78, 5) is 20.5. The number of halogens is 4. The number of anilines is 1. The Balaban J connectivity index is 2.60. The topological polar surface area (TPSA) is 118 Å². The minimum absolute atomic E-state index is 0.238. The number of nitro benzene ring substituents is 1. The number of sulfonamides is 1. The average molecular weight is 439 g/mol. The largest absolute Gasteiger partial charge is 0.480 e. The molecule has 0 radical (unpaired) electrons. The molecule has 0 heterocycles. The predicted molar refractivity (Wildman–Crippen MR) is 91.7 cm³/mol. The predicted octanol–water partition coefficient (Wildman–Crippen LogP) is 3.55. The number of nitrogens with zero attached hydrogens (tertiary/aromatic N) is 2. The highest BCUT2D eigenvalue weighted by molar-refractivity contribution is 7.92. The number of non-ortho nitro benzene ring substituents is 1. The maximum atomic E-state index is 13.1. The van der Waals surface area contributed by atoms with Crippen molar-refractivity contribution in [3.8, 4) is 0 Å². The van der Waals surface area contributed by atoms with E-state index in [1.807, 2.05) is 0 Å². The average Bonchev–Trinajstić information content (AvgIpc) is 2.59. The summed E-state index contributed by atoms with van der Waals surface area (Å²) in [5.41, 5.74) is -2.35. The first-order valence-corrected chi connectivity index (χ1v) is 9.01. The normalized spacial score (nSPS) is 11.9. The van der Waals surface area contributed by atoms with Crippen molar-refractivity contribution in [2.45, 2.75) is 11.1 Å². The van der Waals surface area contributed by atoms with Crippen LogP contribution in [0.2, 0.25) is 5.02 Å². The molecule has 0 fully saturated rings. The molecular weight excluding hydrogens is 429 g/mol. The molecule has 150 valence electrons. The van der Waals surface area contributed by atoms with Gasteiger partial charge in [0.25, 0.3) is 15.7 Å². The van der Waals surface area contributed by atoms with Crippen molar-refractivity contribution in [1.29, 1.82) is 0 Å². The highest BCUT2D eigenvalue weighted by Gasteiger charge is 2.35. The molecule has 0 atom stereocenters. The third kappa shape index (κ3) is 4.51. The molecule has 0 aliphatic heterocycles. The van der Waals surface area contributed by atoms with Gasteiger partial charge in [-0.05, 0) is 30.3 Å². The molecular formula is C15H10ClF3N2O6S. The van der Waals surface area contributed by atoms with E-state index in [2.05, 4.69) is 0 Å². The monoisotopic (exact) mass is 438 g/mol. The number of carboxylic acids is 1. The number of hydrogen-bond donors (Lipinski definition) is 1. The third-order valence-corrected chi connectivity index (χ3v) is 5.58. The Morgan fingerprint density at radius 3 is 2.21 bits per heavy atom. The number of nitro groups is 1. The van der Waals surface area contributed by atoms with Crippen LogP contribution < -0.4 is 4.31 Å². The first-order valence-electron chi connectivity index (χ1n) is 7.20. The summed E-state index contributed by atoms with van der Waals surface area (Å²) in [7, 11) is -4.65. The summed E-state index contributed by atoms with van der Waals surface area (Å²) < 4.78 is 65.0. The van der Waals surface area contributed by atoms with Gasteiger partial charge in [0.15, 0.2) is 0 Å². The SMILES string of the molecule is O=C(O)CN(c1ccc(Cl)c(C(F)(F)F)c1)S(=O)(=O)c1ccc([N+](=O)[O-])cc1. The van der Waals surface area contributed by atoms with Gasteiger partial charge in [-0.15, -0.1) is 0 Å². The quantitative estimate of drug-likeness (QED) is 0.544. The number of aliphatic carboxylic acids is 1. The van der Waals surface area contributed by atoms with Crippen LogP contribution in [-0.4, -0.2) is 31.0 Å². The van der Waals surface area contributed by atoms with Crippen LogP contribution in [0.15, 0.2) is 47.4 Å². The minimum Gasteiger partial charge on any atom is -0.480 e. The Morgan fingerprint density at radius 1 is 1.18 bits per heavy atom. The van der Waals surface area contributed by atoms with E-state index in [4.69, 9.17) is 16.7 Å². The van der Waals surface area contributed by atoms with E-state index in [1.165, 1.54) is 0 Å². The van der Waals surface area contributed by atoms with Crippen LogP contribution in [0.3, 0.4) is 0 Å². The first kappa shape index (κ1) is 21.4. The van der Waals surface area contributed by atoms with Crippen molar-refractivity contribution in [3.05, 3.63) is 63.2 Å². The summed E-state index contributed by atoms with van der Waals surface area (Å²) in [6, 6.07) is 5.56. The summed E-state index contributed by atoms with van der Waals surface area (Å²) in [6.07, 6.45) is -4.90. The standard InChI is InChI=1S/C15H10ClF3N2O6S/c16-13-6-3-10(7-12(13)15(17,18)19)20(8-14(22)23)28(26,27)11-4-1-9(2-5-11)21(24)25/h1-7H,8H2,(H,22,23). The molecule has 0 unspecified atom stereocenters. The summed E-state index contributed by atoms with van der Waals surface area (Å²) in [5, 5.41) is 19.0. The maximum absolute atomic E-state index is 13.1. The van der Waals surface area contributed by atoms with E-state index in [9.17, 15) is 36.5 Å². The van der Waals surface area contributed by atoms with Gasteiger partial charge in [-0.1, -0.05) is 11.6 Å². The molecule has 0 saturated carbocycles. The lowest BCUT2D eigenvalue weighted by molar-refractivity contribution is -0.384. The number of carbonyl (C=O) groups is 1. The highest BCUT2D eigenvalue weighted by Crippen LogP contribution is 2.38. The molecule has 0 aliphatic rings. The van der Waals surface area contributed by atoms with E-state index < -0.39 is 60.5 Å². The number of benzene rings is 2. The molecule has 0 spiro atoms. The lowest BCUT2D eigenvalue weighted by Crippen LogP contribution is -2.36. The number of carboxylic acid groups (broad SMARTS) is 1. The van der Waals surface area contributed by atoms with E-state index in [0.717, 1.165) is 36.4 Å². The molecule has 28 heavy (non-hydrogen) atoms. The van der Waals surface area contributed by atoms with Crippen molar-refractivity contribution in [2.75, 3.05) is 10.8 Å². The van der Waals surface area contributed by atoms with Gasteiger partial charge in [-0.3, -0.25) is 19.2 Å². The van der Waals surface area contributed by atoms with Crippen LogP contribution in [0.25, 0.3) is 0 Å². The molecule has 13 heteroatoms. The van der Waals surface area contributed by atoms with Gasteiger partial charge in [0.1, 0.15) is 6.54 Å². The molecule has 0 bridgehead atoms. The van der Waals surface area contributed by atoms with Crippen LogP contribution in [0, 0.1) is 10.1 Å². The van der Waals surface area contributed by atoms with E-state index in [-0.39, 0.29) is 4.31 Å². The van der Waals surface area contributed by atoms with Crippen molar-refractivity contribution in [3.63, 3.8) is 0 Å². The zero-order valence-corrected chi connectivity index (χ0v) is 15.1. The van der Waals surface area contributed by atoms with Crippen LogP contribution in [-0.2, 0) is 21.0 Å². The Kier molecular flexibility index (Phi) is 5.85. The van der Waals surface area contributed by atoms with E-state index >= 15 is 0 Å². The second-order valence-electron chi connectivity index (χ2n) is 5.32. The number of alkyl halides is 3. The lowest BCUT2D eigenvalue weighted by atomic mass is 10.2. The second-order valence-corrected chi connectivity index (χ2v) is 7.59. The first-order chi connectivity index (χ1) is 12.8.